The van der Waals surface area contributed by atoms with E-state index in [4.69, 9.17) is 19.8 Å². The number of nitrogens with zero attached hydrogens (tertiary/aromatic N) is 6. The molecule has 3 aromatic heterocycles. The molecule has 0 aliphatic rings. The van der Waals surface area contributed by atoms with E-state index in [9.17, 15) is 4.79 Å². The van der Waals surface area contributed by atoms with Crippen LogP contribution in [0.25, 0.3) is 33.7 Å². The maximum atomic E-state index is 12.8. The van der Waals surface area contributed by atoms with Crippen LogP contribution in [0.1, 0.15) is 51.2 Å². The Morgan fingerprint density at radius 1 is 0.811 bits per heavy atom. The average Bonchev–Trinajstić information content (AvgIpc) is 3.92. The summed E-state index contributed by atoms with van der Waals surface area (Å²) in [5, 5.41) is 18.3. The van der Waals surface area contributed by atoms with Crippen LogP contribution in [0.15, 0.2) is 142 Å². The molecule has 0 saturated carbocycles. The topological polar surface area (TPSA) is 104 Å². The van der Waals surface area contributed by atoms with Crippen molar-refractivity contribution in [2.24, 2.45) is 0 Å². The molecule has 0 radical (unpaired) electrons. The first-order valence-electron chi connectivity index (χ1n) is 17.5. The molecule has 0 saturated heterocycles. The Morgan fingerprint density at radius 3 is 1.98 bits per heavy atom. The Hall–Kier alpha value is -6.13. The number of hydrogen-bond donors (Lipinski definition) is 1. The lowest BCUT2D eigenvalue weighted by Gasteiger charge is -2.34. The number of aromatic nitrogens is 6. The van der Waals surface area contributed by atoms with Crippen molar-refractivity contribution >= 4 is 32.8 Å². The number of imidazole rings is 1. The molecule has 8 aromatic rings. The summed E-state index contributed by atoms with van der Waals surface area (Å²) in [5.74, 6) is 1.82. The van der Waals surface area contributed by atoms with Crippen molar-refractivity contribution in [1.29, 1.82) is 0 Å². The van der Waals surface area contributed by atoms with Crippen LogP contribution in [-0.2, 0) is 18.5 Å². The number of furan rings is 1. The van der Waals surface area contributed by atoms with E-state index in [0.29, 0.717) is 35.9 Å². The van der Waals surface area contributed by atoms with Gasteiger partial charge < -0.3 is 14.3 Å². The maximum absolute atomic E-state index is 12.8. The van der Waals surface area contributed by atoms with Crippen molar-refractivity contribution in [3.05, 3.63) is 177 Å². The first-order chi connectivity index (χ1) is 25.9. The molecular formula is C43H36BrN7O2. The van der Waals surface area contributed by atoms with E-state index in [1.54, 1.807) is 11.8 Å². The summed E-state index contributed by atoms with van der Waals surface area (Å²) in [6, 6.07) is 44.9. The number of carbonyl (C=O) groups is 1. The van der Waals surface area contributed by atoms with Crippen molar-refractivity contribution < 1.29 is 9.21 Å². The van der Waals surface area contributed by atoms with Crippen LogP contribution in [-0.4, -0.2) is 42.7 Å². The second kappa shape index (κ2) is 14.1. The normalized spacial score (nSPS) is 11.6. The van der Waals surface area contributed by atoms with Crippen LogP contribution in [0.5, 0.6) is 0 Å². The largest absolute Gasteiger partial charge is 0.455 e. The molecule has 0 atom stereocenters. The summed E-state index contributed by atoms with van der Waals surface area (Å²) in [5.41, 5.74) is 6.73. The first-order valence-corrected chi connectivity index (χ1v) is 18.3. The van der Waals surface area contributed by atoms with Gasteiger partial charge in [0.1, 0.15) is 22.9 Å². The number of halogens is 1. The molecule has 9 nitrogen and oxygen atoms in total. The van der Waals surface area contributed by atoms with Crippen LogP contribution in [0.4, 0.5) is 0 Å². The lowest BCUT2D eigenvalue weighted by molar-refractivity contribution is 0.0953. The van der Waals surface area contributed by atoms with Gasteiger partial charge in [-0.1, -0.05) is 128 Å². The molecule has 1 amide bonds. The summed E-state index contributed by atoms with van der Waals surface area (Å²) in [6.07, 6.45) is 0.707. The highest BCUT2D eigenvalue weighted by Gasteiger charge is 2.41. The molecule has 0 aliphatic heterocycles. The summed E-state index contributed by atoms with van der Waals surface area (Å²) in [4.78, 5) is 19.2. The van der Waals surface area contributed by atoms with Gasteiger partial charge in [0.2, 0.25) is 5.82 Å². The molecule has 262 valence electrons. The molecule has 0 unspecified atom stereocenters. The molecular weight excluding hydrogens is 726 g/mol. The van der Waals surface area contributed by atoms with Gasteiger partial charge in [0.25, 0.3) is 5.91 Å². The van der Waals surface area contributed by atoms with Crippen molar-refractivity contribution in [2.75, 3.05) is 7.05 Å². The van der Waals surface area contributed by atoms with Gasteiger partial charge in [0.05, 0.1) is 10.2 Å². The smallest absolute Gasteiger partial charge is 0.269 e. The molecule has 0 aliphatic carbocycles. The first kappa shape index (κ1) is 34.0. The number of amides is 1. The highest BCUT2D eigenvalue weighted by atomic mass is 79.9. The average molecular weight is 763 g/mol. The van der Waals surface area contributed by atoms with Crippen molar-refractivity contribution in [2.45, 2.75) is 32.4 Å². The minimum atomic E-state index is -0.899. The SMILES string of the molecule is CCc1nc(C)c(C(=O)NC)n1Cc1ccc2oc(-c3ccccc3-c3nnn(C(c4ccccc4)(c4ccccc4)c4ccccc4)n3)c(Br)c2c1. The minimum Gasteiger partial charge on any atom is -0.455 e. The molecule has 5 aromatic carbocycles. The van der Waals surface area contributed by atoms with Crippen molar-refractivity contribution in [3.63, 3.8) is 0 Å². The van der Waals surface area contributed by atoms with E-state index < -0.39 is 5.54 Å². The fourth-order valence-electron chi connectivity index (χ4n) is 7.27. The van der Waals surface area contributed by atoms with E-state index in [2.05, 4.69) is 68.7 Å². The Kier molecular flexibility index (Phi) is 9.05. The molecule has 0 spiro atoms. The molecule has 8 rings (SSSR count). The zero-order valence-electron chi connectivity index (χ0n) is 29.5. The van der Waals surface area contributed by atoms with Crippen LogP contribution in [0.3, 0.4) is 0 Å². The molecule has 10 heteroatoms. The monoisotopic (exact) mass is 761 g/mol. The molecule has 0 bridgehead atoms. The van der Waals surface area contributed by atoms with Gasteiger partial charge in [-0.2, -0.15) is 0 Å². The Bertz CT molecular complexity index is 2460. The Labute approximate surface area is 315 Å². The Morgan fingerprint density at radius 2 is 1.40 bits per heavy atom. The molecule has 0 fully saturated rings. The molecule has 1 N–H and O–H groups in total. The zero-order valence-corrected chi connectivity index (χ0v) is 31.1. The highest BCUT2D eigenvalue weighted by molar-refractivity contribution is 9.10. The van der Waals surface area contributed by atoms with E-state index in [1.807, 2.05) is 109 Å². The van der Waals surface area contributed by atoms with Gasteiger partial charge in [-0.3, -0.25) is 4.79 Å². The van der Waals surface area contributed by atoms with Gasteiger partial charge in [0, 0.05) is 36.5 Å². The number of aryl methyl sites for hydroxylation is 2. The lowest BCUT2D eigenvalue weighted by atomic mass is 9.77. The fraction of sp³-hybridized carbons (Fsp3) is 0.140. The van der Waals surface area contributed by atoms with Crippen molar-refractivity contribution in [1.82, 2.24) is 35.1 Å². The predicted octanol–water partition coefficient (Wildman–Crippen LogP) is 8.83. The number of benzene rings is 5. The summed E-state index contributed by atoms with van der Waals surface area (Å²) in [6.45, 7) is 4.41. The number of nitrogens with one attached hydrogen (secondary N) is 1. The third-order valence-electron chi connectivity index (χ3n) is 9.71. The van der Waals surface area contributed by atoms with Gasteiger partial charge in [-0.15, -0.1) is 15.0 Å². The number of tetrazole rings is 1. The molecule has 53 heavy (non-hydrogen) atoms. The van der Waals surface area contributed by atoms with E-state index in [1.165, 1.54) is 0 Å². The second-order valence-corrected chi connectivity index (χ2v) is 13.6. The summed E-state index contributed by atoms with van der Waals surface area (Å²) in [7, 11) is 1.64. The lowest BCUT2D eigenvalue weighted by Crippen LogP contribution is -2.39. The number of carbonyl (C=O) groups excluding carboxylic acids is 1. The predicted molar refractivity (Wildman–Crippen MR) is 210 cm³/mol. The van der Waals surface area contributed by atoms with Crippen LogP contribution in [0, 0.1) is 6.92 Å². The van der Waals surface area contributed by atoms with Crippen LogP contribution >= 0.6 is 15.9 Å². The standard InChI is InChI=1S/C43H36BrN7O2/c1-4-37-46-28(2)39(42(52)45-3)50(37)27-29-24-25-36-35(26-29)38(44)40(53-36)33-22-14-15-23-34(33)41-47-49-51(48-41)43(30-16-8-5-9-17-30,31-18-10-6-11-19-31)32-20-12-7-13-21-32/h5-26H,4,27H2,1-3H3,(H,45,52). The van der Waals surface area contributed by atoms with Crippen LogP contribution < -0.4 is 5.32 Å². The third kappa shape index (κ3) is 5.85. The van der Waals surface area contributed by atoms with E-state index in [0.717, 1.165) is 54.6 Å². The number of fused-ring (bicyclic) bond motifs is 1. The van der Waals surface area contributed by atoms with Gasteiger partial charge in [-0.05, 0) is 62.5 Å². The minimum absolute atomic E-state index is 0.154. The second-order valence-electron chi connectivity index (χ2n) is 12.8. The maximum Gasteiger partial charge on any atom is 0.269 e. The summed E-state index contributed by atoms with van der Waals surface area (Å²) < 4.78 is 9.36. The highest BCUT2D eigenvalue weighted by Crippen LogP contribution is 2.43. The number of rotatable bonds is 10. The van der Waals surface area contributed by atoms with E-state index >= 15 is 0 Å². The van der Waals surface area contributed by atoms with Gasteiger partial charge in [0.15, 0.2) is 5.54 Å². The number of hydrogen-bond acceptors (Lipinski definition) is 6. The molecule has 3 heterocycles. The Balaban J connectivity index is 1.23. The van der Waals surface area contributed by atoms with Crippen molar-refractivity contribution in [3.8, 4) is 22.7 Å². The zero-order chi connectivity index (χ0) is 36.5. The van der Waals surface area contributed by atoms with Gasteiger partial charge >= 0.3 is 0 Å². The van der Waals surface area contributed by atoms with Crippen LogP contribution in [0.2, 0.25) is 0 Å². The quantitative estimate of drug-likeness (QED) is 0.140. The third-order valence-corrected chi connectivity index (χ3v) is 10.5. The van der Waals surface area contributed by atoms with Gasteiger partial charge in [-0.25, -0.2) is 4.98 Å². The summed E-state index contributed by atoms with van der Waals surface area (Å²) >= 11 is 3.89. The fourth-order valence-corrected chi connectivity index (χ4v) is 7.87. The van der Waals surface area contributed by atoms with E-state index in [-0.39, 0.29) is 5.91 Å².